The minimum absolute atomic E-state index is 0.114. The molecule has 3 aromatic rings. The number of aliphatic carboxylic acids is 1. The van der Waals surface area contributed by atoms with E-state index in [1.165, 1.54) is 36.4 Å². The third-order valence-corrected chi connectivity index (χ3v) is 6.98. The second-order valence-electron chi connectivity index (χ2n) is 10.3. The Morgan fingerprint density at radius 2 is 1.59 bits per heavy atom. The van der Waals surface area contributed by atoms with Crippen molar-refractivity contribution in [2.45, 2.75) is 51.1 Å². The molecule has 0 saturated carbocycles. The van der Waals surface area contributed by atoms with Gasteiger partial charge in [0.05, 0.1) is 0 Å². The summed E-state index contributed by atoms with van der Waals surface area (Å²) in [6, 6.07) is 15.9. The molecule has 6 N–H and O–H groups in total. The van der Waals surface area contributed by atoms with Gasteiger partial charge in [-0.25, -0.2) is 0 Å². The smallest absolute Gasteiger partial charge is 0.480 e. The van der Waals surface area contributed by atoms with Crippen molar-refractivity contribution in [2.75, 3.05) is 18.0 Å². The molecule has 0 aromatic heterocycles. The molecule has 1 amide bonds. The van der Waals surface area contributed by atoms with E-state index in [0.29, 0.717) is 17.1 Å². The summed E-state index contributed by atoms with van der Waals surface area (Å²) in [5.74, 6) is -1.44. The van der Waals surface area contributed by atoms with Gasteiger partial charge in [-0.15, -0.1) is 13.2 Å². The van der Waals surface area contributed by atoms with Crippen LogP contribution in [-0.2, 0) is 17.8 Å². The van der Waals surface area contributed by atoms with Crippen molar-refractivity contribution in [3.63, 3.8) is 0 Å². The van der Waals surface area contributed by atoms with Crippen LogP contribution < -0.4 is 31.2 Å². The van der Waals surface area contributed by atoms with E-state index in [1.54, 1.807) is 18.2 Å². The molecule has 234 valence electrons. The Hall–Kier alpha value is -4.78. The first kappa shape index (κ1) is 32.1. The quantitative estimate of drug-likeness (QED) is 0.184. The number of alkyl halides is 3. The fourth-order valence-corrected chi connectivity index (χ4v) is 4.79. The monoisotopic (exact) mass is 613 g/mol. The summed E-state index contributed by atoms with van der Waals surface area (Å²) < 4.78 is 47.8. The maximum atomic E-state index is 12.7. The third-order valence-electron chi connectivity index (χ3n) is 6.98. The van der Waals surface area contributed by atoms with Crippen molar-refractivity contribution >= 4 is 23.5 Å². The molecule has 1 fully saturated rings. The number of nitrogens with one attached hydrogen (secondary N) is 1. The van der Waals surface area contributed by atoms with Crippen molar-refractivity contribution in [3.05, 3.63) is 83.4 Å². The Morgan fingerprint density at radius 1 is 0.955 bits per heavy atom. The standard InChI is InChI=1S/C31H34F3N5O5/c32-31(33,34)44-23-14-12-22(13-15-23)43-27-7-5-6-26(39-16-3-1-2-4-17-39)24(27)19-37-30(36)38-28(40)21-10-8-20(9-11-21)18-25(35)29(41)42/h5-15,25H,1-4,16-19,35H2,(H,41,42)(H3,36,37,38,40)/t25-/m0/s1. The lowest BCUT2D eigenvalue weighted by Gasteiger charge is -2.27. The highest BCUT2D eigenvalue weighted by Crippen LogP contribution is 2.35. The Labute approximate surface area is 252 Å². The van der Waals surface area contributed by atoms with Crippen LogP contribution in [0.5, 0.6) is 17.2 Å². The number of carbonyl (C=O) groups excluding carboxylic acids is 1. The summed E-state index contributed by atoms with van der Waals surface area (Å²) >= 11 is 0. The number of benzene rings is 3. The number of halogens is 3. The molecule has 3 aromatic carbocycles. The van der Waals surface area contributed by atoms with Crippen molar-refractivity contribution in [2.24, 2.45) is 16.5 Å². The first-order chi connectivity index (χ1) is 21.0. The molecule has 1 aliphatic heterocycles. The Balaban J connectivity index is 1.51. The van der Waals surface area contributed by atoms with Gasteiger partial charge in [-0.3, -0.25) is 9.59 Å². The highest BCUT2D eigenvalue weighted by Gasteiger charge is 2.31. The molecule has 1 saturated heterocycles. The molecule has 0 bridgehead atoms. The molecule has 13 heteroatoms. The molecule has 0 unspecified atom stereocenters. The van der Waals surface area contributed by atoms with Crippen LogP contribution in [0.15, 0.2) is 71.7 Å². The van der Waals surface area contributed by atoms with E-state index in [-0.39, 0.29) is 30.2 Å². The molecule has 0 spiro atoms. The van der Waals surface area contributed by atoms with Gasteiger partial charge in [0.1, 0.15) is 23.3 Å². The lowest BCUT2D eigenvalue weighted by molar-refractivity contribution is -0.274. The van der Waals surface area contributed by atoms with E-state index in [4.69, 9.17) is 21.3 Å². The molecule has 1 heterocycles. The highest BCUT2D eigenvalue weighted by atomic mass is 19.4. The number of anilines is 1. The molecule has 4 rings (SSSR count). The number of aliphatic imine (C=N–C) groups is 1. The summed E-state index contributed by atoms with van der Waals surface area (Å²) in [5, 5.41) is 12.0. The maximum Gasteiger partial charge on any atom is 0.573 e. The van der Waals surface area contributed by atoms with Gasteiger partial charge in [0.2, 0.25) is 0 Å². The lowest BCUT2D eigenvalue weighted by Crippen LogP contribution is -2.33. The number of hydrogen-bond donors (Lipinski definition) is 4. The SMILES string of the molecule is N/C(=N\C(=O)c1ccc(C[C@H](N)C(=O)O)cc1)NCc1c(Oc2ccc(OC(F)(F)F)cc2)cccc1N1CCCCCC1. The zero-order valence-electron chi connectivity index (χ0n) is 23.8. The summed E-state index contributed by atoms with van der Waals surface area (Å²) in [7, 11) is 0. The van der Waals surface area contributed by atoms with Gasteiger partial charge in [-0.05, 0) is 73.4 Å². The fraction of sp³-hybridized carbons (Fsp3) is 0.323. The average Bonchev–Trinajstić information content (AvgIpc) is 3.26. The van der Waals surface area contributed by atoms with Gasteiger partial charge < -0.3 is 36.3 Å². The number of nitrogens with zero attached hydrogens (tertiary/aromatic N) is 2. The van der Waals surface area contributed by atoms with Crippen molar-refractivity contribution < 1.29 is 37.3 Å². The van der Waals surface area contributed by atoms with Crippen LogP contribution in [0, 0.1) is 0 Å². The molecular weight excluding hydrogens is 579 g/mol. The van der Waals surface area contributed by atoms with E-state index in [9.17, 15) is 22.8 Å². The van der Waals surface area contributed by atoms with Gasteiger partial charge in [0.15, 0.2) is 5.96 Å². The third kappa shape index (κ3) is 9.36. The molecule has 44 heavy (non-hydrogen) atoms. The summed E-state index contributed by atoms with van der Waals surface area (Å²) in [6.07, 6.45) is -0.382. The Bertz CT molecular complexity index is 1460. The summed E-state index contributed by atoms with van der Waals surface area (Å²) in [6.45, 7) is 1.83. The van der Waals surface area contributed by atoms with Crippen LogP contribution in [0.3, 0.4) is 0 Å². The van der Waals surface area contributed by atoms with Crippen LogP contribution >= 0.6 is 0 Å². The summed E-state index contributed by atoms with van der Waals surface area (Å²) in [5.41, 5.74) is 14.2. The zero-order chi connectivity index (χ0) is 31.7. The predicted octanol–water partition coefficient (Wildman–Crippen LogP) is 4.96. The largest absolute Gasteiger partial charge is 0.573 e. The number of amides is 1. The second kappa shape index (κ2) is 14.6. The van der Waals surface area contributed by atoms with Crippen molar-refractivity contribution in [1.29, 1.82) is 0 Å². The zero-order valence-corrected chi connectivity index (χ0v) is 23.8. The van der Waals surface area contributed by atoms with Gasteiger partial charge in [-0.1, -0.05) is 31.0 Å². The molecule has 0 radical (unpaired) electrons. The number of carboxylic acids is 1. The van der Waals surface area contributed by atoms with Crippen molar-refractivity contribution in [3.8, 4) is 17.2 Å². The van der Waals surface area contributed by atoms with Crippen LogP contribution in [0.25, 0.3) is 0 Å². The number of nitrogens with two attached hydrogens (primary N) is 2. The first-order valence-corrected chi connectivity index (χ1v) is 14.1. The molecule has 1 atom stereocenters. The molecular formula is C31H34F3N5O5. The lowest BCUT2D eigenvalue weighted by atomic mass is 10.0. The molecule has 10 nitrogen and oxygen atoms in total. The number of guanidine groups is 1. The van der Waals surface area contributed by atoms with Crippen molar-refractivity contribution in [1.82, 2.24) is 5.32 Å². The normalized spacial score (nSPS) is 14.8. The minimum Gasteiger partial charge on any atom is -0.480 e. The van der Waals surface area contributed by atoms with Crippen LogP contribution in [0.4, 0.5) is 18.9 Å². The number of ether oxygens (including phenoxy) is 2. The van der Waals surface area contributed by atoms with E-state index in [0.717, 1.165) is 50.0 Å². The van der Waals surface area contributed by atoms with Gasteiger partial charge in [0, 0.05) is 36.4 Å². The summed E-state index contributed by atoms with van der Waals surface area (Å²) in [4.78, 5) is 29.9. The first-order valence-electron chi connectivity index (χ1n) is 14.1. The minimum atomic E-state index is -4.80. The molecule has 1 aliphatic rings. The predicted molar refractivity (Wildman–Crippen MR) is 159 cm³/mol. The Morgan fingerprint density at radius 3 is 2.20 bits per heavy atom. The van der Waals surface area contributed by atoms with Crippen LogP contribution in [0.1, 0.15) is 47.2 Å². The van der Waals surface area contributed by atoms with Gasteiger partial charge >= 0.3 is 12.3 Å². The van der Waals surface area contributed by atoms with Gasteiger partial charge in [0.25, 0.3) is 5.91 Å². The number of carboxylic acid groups (broad SMARTS) is 1. The van der Waals surface area contributed by atoms with Gasteiger partial charge in [-0.2, -0.15) is 4.99 Å². The number of carbonyl (C=O) groups is 2. The Kier molecular flexibility index (Phi) is 10.7. The molecule has 0 aliphatic carbocycles. The highest BCUT2D eigenvalue weighted by molar-refractivity contribution is 6.02. The topological polar surface area (TPSA) is 152 Å². The van der Waals surface area contributed by atoms with E-state index in [2.05, 4.69) is 19.9 Å². The van der Waals surface area contributed by atoms with E-state index < -0.39 is 24.3 Å². The van der Waals surface area contributed by atoms with Crippen LogP contribution in [-0.4, -0.2) is 48.4 Å². The number of hydrogen-bond acceptors (Lipinski definition) is 6. The van der Waals surface area contributed by atoms with E-state index in [1.807, 2.05) is 12.1 Å². The van der Waals surface area contributed by atoms with Crippen LogP contribution in [0.2, 0.25) is 0 Å². The maximum absolute atomic E-state index is 12.7. The second-order valence-corrected chi connectivity index (χ2v) is 10.3. The number of rotatable bonds is 10. The average molecular weight is 614 g/mol. The van der Waals surface area contributed by atoms with E-state index >= 15 is 0 Å². The fourth-order valence-electron chi connectivity index (χ4n) is 4.79.